The molecule has 0 radical (unpaired) electrons. The molecule has 0 unspecified atom stereocenters. The van der Waals surface area contributed by atoms with Crippen molar-refractivity contribution in [3.8, 4) is 5.75 Å². The van der Waals surface area contributed by atoms with Gasteiger partial charge in [-0.1, -0.05) is 17.3 Å². The first kappa shape index (κ1) is 9.44. The molecule has 0 amide bonds. The van der Waals surface area contributed by atoms with Crippen LogP contribution in [0.3, 0.4) is 0 Å². The Bertz CT molecular complexity index is 302. The van der Waals surface area contributed by atoms with Gasteiger partial charge in [0.25, 0.3) is 0 Å². The van der Waals surface area contributed by atoms with Crippen LogP contribution in [-0.2, 0) is 0 Å². The van der Waals surface area contributed by atoms with Crippen molar-refractivity contribution in [1.82, 2.24) is 0 Å². The molecule has 1 aromatic rings. The lowest BCUT2D eigenvalue weighted by molar-refractivity contribution is -0.0498. The van der Waals surface area contributed by atoms with Gasteiger partial charge in [-0.05, 0) is 17.7 Å². The van der Waals surface area contributed by atoms with Crippen LogP contribution in [0.2, 0.25) is 0 Å². The minimum Gasteiger partial charge on any atom is -0.435 e. The number of nitrogens with zero attached hydrogens (tertiary/aromatic N) is 1. The summed E-state index contributed by atoms with van der Waals surface area (Å²) in [6, 6.07) is 5.85. The summed E-state index contributed by atoms with van der Waals surface area (Å²) < 4.78 is 27.6. The Balaban J connectivity index is 2.79. The summed E-state index contributed by atoms with van der Waals surface area (Å²) in [6.07, 6.45) is 1.12. The number of oxime groups is 1. The van der Waals surface area contributed by atoms with E-state index in [1.54, 1.807) is 6.07 Å². The van der Waals surface area contributed by atoms with Crippen LogP contribution in [0, 0.1) is 0 Å². The van der Waals surface area contributed by atoms with E-state index in [9.17, 15) is 8.78 Å². The molecule has 0 aliphatic carbocycles. The summed E-state index contributed by atoms with van der Waals surface area (Å²) in [4.78, 5) is 0. The van der Waals surface area contributed by atoms with Crippen LogP contribution < -0.4 is 4.74 Å². The molecule has 0 heterocycles. The second-order valence-electron chi connectivity index (χ2n) is 2.20. The minimum atomic E-state index is -2.85. The fourth-order valence-electron chi connectivity index (χ4n) is 0.838. The summed E-state index contributed by atoms with van der Waals surface area (Å²) in [7, 11) is 0. The molecule has 0 fully saturated rings. The topological polar surface area (TPSA) is 41.8 Å². The van der Waals surface area contributed by atoms with Crippen molar-refractivity contribution >= 4 is 6.21 Å². The fraction of sp³-hybridized carbons (Fsp3) is 0.125. The van der Waals surface area contributed by atoms with E-state index in [1.165, 1.54) is 18.2 Å². The molecule has 0 aliphatic rings. The van der Waals surface area contributed by atoms with Crippen molar-refractivity contribution in [2.24, 2.45) is 5.16 Å². The normalized spacial score (nSPS) is 11.0. The van der Waals surface area contributed by atoms with Crippen LogP contribution in [-0.4, -0.2) is 18.0 Å². The fourth-order valence-corrected chi connectivity index (χ4v) is 0.838. The van der Waals surface area contributed by atoms with Gasteiger partial charge in [-0.2, -0.15) is 8.78 Å². The van der Waals surface area contributed by atoms with Gasteiger partial charge in [-0.15, -0.1) is 0 Å². The van der Waals surface area contributed by atoms with Crippen LogP contribution in [0.15, 0.2) is 29.4 Å². The van der Waals surface area contributed by atoms with Crippen molar-refractivity contribution in [1.29, 1.82) is 0 Å². The zero-order chi connectivity index (χ0) is 9.68. The molecule has 0 saturated carbocycles. The molecular formula is C8H7F2NO2. The van der Waals surface area contributed by atoms with Crippen LogP contribution in [0.1, 0.15) is 5.56 Å². The smallest absolute Gasteiger partial charge is 0.387 e. The third-order valence-electron chi connectivity index (χ3n) is 1.29. The zero-order valence-electron chi connectivity index (χ0n) is 6.52. The average molecular weight is 187 g/mol. The Labute approximate surface area is 73.2 Å². The molecule has 1 N–H and O–H groups in total. The predicted octanol–water partition coefficient (Wildman–Crippen LogP) is 2.10. The van der Waals surface area contributed by atoms with Gasteiger partial charge in [0, 0.05) is 0 Å². The Hall–Kier alpha value is -1.65. The van der Waals surface area contributed by atoms with E-state index >= 15 is 0 Å². The number of alkyl halides is 2. The van der Waals surface area contributed by atoms with Gasteiger partial charge in [0.15, 0.2) is 0 Å². The molecule has 0 aliphatic heterocycles. The highest BCUT2D eigenvalue weighted by Crippen LogP contribution is 2.14. The number of ether oxygens (including phenoxy) is 1. The number of benzene rings is 1. The number of hydrogen-bond donors (Lipinski definition) is 1. The van der Waals surface area contributed by atoms with E-state index in [4.69, 9.17) is 5.21 Å². The maximum Gasteiger partial charge on any atom is 0.387 e. The lowest BCUT2D eigenvalue weighted by atomic mass is 10.2. The van der Waals surface area contributed by atoms with E-state index in [-0.39, 0.29) is 5.75 Å². The van der Waals surface area contributed by atoms with Crippen molar-refractivity contribution in [2.75, 3.05) is 0 Å². The summed E-state index contributed by atoms with van der Waals surface area (Å²) in [5.74, 6) is 0.0346. The first-order valence-corrected chi connectivity index (χ1v) is 3.44. The highest BCUT2D eigenvalue weighted by molar-refractivity contribution is 5.79. The third-order valence-corrected chi connectivity index (χ3v) is 1.29. The Morgan fingerprint density at radius 1 is 1.46 bits per heavy atom. The van der Waals surface area contributed by atoms with E-state index in [1.807, 2.05) is 0 Å². The van der Waals surface area contributed by atoms with Crippen molar-refractivity contribution in [3.63, 3.8) is 0 Å². The highest BCUT2D eigenvalue weighted by atomic mass is 19.3. The van der Waals surface area contributed by atoms with Crippen LogP contribution >= 0.6 is 0 Å². The van der Waals surface area contributed by atoms with Gasteiger partial charge in [-0.3, -0.25) is 0 Å². The quantitative estimate of drug-likeness (QED) is 0.447. The molecule has 13 heavy (non-hydrogen) atoms. The zero-order valence-corrected chi connectivity index (χ0v) is 6.52. The maximum absolute atomic E-state index is 11.7. The number of rotatable bonds is 3. The van der Waals surface area contributed by atoms with Crippen molar-refractivity contribution < 1.29 is 18.7 Å². The Kier molecular flexibility index (Phi) is 3.19. The van der Waals surface area contributed by atoms with Gasteiger partial charge in [0.1, 0.15) is 5.75 Å². The van der Waals surface area contributed by atoms with Gasteiger partial charge in [0.2, 0.25) is 0 Å². The van der Waals surface area contributed by atoms with Crippen LogP contribution in [0.4, 0.5) is 8.78 Å². The SMILES string of the molecule is ON=Cc1cccc(OC(F)F)c1. The number of halogens is 2. The van der Waals surface area contributed by atoms with Crippen molar-refractivity contribution in [2.45, 2.75) is 6.61 Å². The highest BCUT2D eigenvalue weighted by Gasteiger charge is 2.03. The minimum absolute atomic E-state index is 0.0346. The second kappa shape index (κ2) is 4.39. The molecule has 0 spiro atoms. The monoisotopic (exact) mass is 187 g/mol. The molecule has 0 aromatic heterocycles. The summed E-state index contributed by atoms with van der Waals surface area (Å²) in [5, 5.41) is 10.9. The van der Waals surface area contributed by atoms with Crippen molar-refractivity contribution in [3.05, 3.63) is 29.8 Å². The molecular weight excluding hydrogens is 180 g/mol. The molecule has 0 atom stereocenters. The summed E-state index contributed by atoms with van der Waals surface area (Å²) >= 11 is 0. The average Bonchev–Trinajstić information content (AvgIpc) is 2.04. The second-order valence-corrected chi connectivity index (χ2v) is 2.20. The summed E-state index contributed by atoms with van der Waals surface area (Å²) in [6.45, 7) is -2.85. The van der Waals surface area contributed by atoms with E-state index < -0.39 is 6.61 Å². The van der Waals surface area contributed by atoms with Crippen LogP contribution in [0.5, 0.6) is 5.75 Å². The largest absolute Gasteiger partial charge is 0.435 e. The van der Waals surface area contributed by atoms with E-state index in [0.29, 0.717) is 5.56 Å². The van der Waals surface area contributed by atoms with Gasteiger partial charge in [0.05, 0.1) is 6.21 Å². The molecule has 1 rings (SSSR count). The third kappa shape index (κ3) is 3.06. The lowest BCUT2D eigenvalue weighted by Gasteiger charge is -2.03. The lowest BCUT2D eigenvalue weighted by Crippen LogP contribution is -2.01. The maximum atomic E-state index is 11.7. The van der Waals surface area contributed by atoms with Crippen LogP contribution in [0.25, 0.3) is 0 Å². The standard InChI is InChI=1S/C8H7F2NO2/c9-8(10)13-7-3-1-2-6(4-7)5-11-12/h1-5,8,12H. The molecule has 0 saturated heterocycles. The van der Waals surface area contributed by atoms with Gasteiger partial charge < -0.3 is 9.94 Å². The first-order chi connectivity index (χ1) is 6.22. The molecule has 1 aromatic carbocycles. The molecule has 3 nitrogen and oxygen atoms in total. The van der Waals surface area contributed by atoms with Gasteiger partial charge in [-0.25, -0.2) is 0 Å². The summed E-state index contributed by atoms with van der Waals surface area (Å²) in [5.41, 5.74) is 0.487. The first-order valence-electron chi connectivity index (χ1n) is 3.44. The Morgan fingerprint density at radius 2 is 2.23 bits per heavy atom. The molecule has 5 heteroatoms. The molecule has 70 valence electrons. The van der Waals surface area contributed by atoms with E-state index in [2.05, 4.69) is 9.89 Å². The molecule has 0 bridgehead atoms. The van der Waals surface area contributed by atoms with Gasteiger partial charge >= 0.3 is 6.61 Å². The number of hydrogen-bond acceptors (Lipinski definition) is 3. The Morgan fingerprint density at radius 3 is 2.85 bits per heavy atom. The van der Waals surface area contributed by atoms with E-state index in [0.717, 1.165) is 6.21 Å². The predicted molar refractivity (Wildman–Crippen MR) is 42.5 cm³/mol.